The molecule has 3 unspecified atom stereocenters. The van der Waals surface area contributed by atoms with Crippen LogP contribution in [0.25, 0.3) is 0 Å². The molecule has 124 valence electrons. The van der Waals surface area contributed by atoms with Crippen LogP contribution in [-0.2, 0) is 14.2 Å². The van der Waals surface area contributed by atoms with Gasteiger partial charge in [0, 0.05) is 32.7 Å². The number of halogens is 1. The van der Waals surface area contributed by atoms with E-state index in [4.69, 9.17) is 14.2 Å². The van der Waals surface area contributed by atoms with Gasteiger partial charge in [0.1, 0.15) is 5.60 Å². The van der Waals surface area contributed by atoms with Gasteiger partial charge in [-0.15, -0.1) is 0 Å². The Balaban J connectivity index is 1.95. The predicted molar refractivity (Wildman–Crippen MR) is 93.2 cm³/mol. The zero-order valence-corrected chi connectivity index (χ0v) is 16.4. The molecule has 2 aliphatic heterocycles. The first-order chi connectivity index (χ1) is 9.94. The number of hydrogen-bond donors (Lipinski definition) is 0. The first-order valence-electron chi connectivity index (χ1n) is 8.41. The van der Waals surface area contributed by atoms with Crippen LogP contribution in [-0.4, -0.2) is 51.0 Å². The molecule has 0 aromatic rings. The molecule has 2 aliphatic rings. The van der Waals surface area contributed by atoms with E-state index in [1.165, 1.54) is 18.9 Å². The average Bonchev–Trinajstić information content (AvgIpc) is 2.45. The number of rotatable bonds is 6. The topological polar surface area (TPSA) is 27.7 Å². The maximum absolute atomic E-state index is 6.26. The Bertz CT molecular complexity index is 315. The minimum Gasteiger partial charge on any atom is -0.379 e. The summed E-state index contributed by atoms with van der Waals surface area (Å²) in [6.07, 6.45) is 5.97. The van der Waals surface area contributed by atoms with Crippen LogP contribution in [0.3, 0.4) is 0 Å². The fourth-order valence-corrected chi connectivity index (χ4v) is 4.75. The molecule has 0 N–H and O–H groups in total. The zero-order chi connectivity index (χ0) is 15.3. The van der Waals surface area contributed by atoms with Gasteiger partial charge in [-0.05, 0) is 38.1 Å². The van der Waals surface area contributed by atoms with Crippen molar-refractivity contribution < 1.29 is 14.2 Å². The van der Waals surface area contributed by atoms with Gasteiger partial charge < -0.3 is 14.2 Å². The third-order valence-corrected chi connectivity index (χ3v) is 7.49. The van der Waals surface area contributed by atoms with Crippen LogP contribution in [0, 0.1) is 0 Å². The third-order valence-electron chi connectivity index (χ3n) is 4.55. The van der Waals surface area contributed by atoms with Gasteiger partial charge in [-0.25, -0.2) is 0 Å². The van der Waals surface area contributed by atoms with E-state index in [0.717, 1.165) is 39.1 Å². The Morgan fingerprint density at radius 1 is 1.14 bits per heavy atom. The molecule has 0 spiro atoms. The first-order valence-corrected chi connectivity index (χ1v) is 13.0. The summed E-state index contributed by atoms with van der Waals surface area (Å²) in [5.41, 5.74) is -0.280. The molecule has 0 amide bonds. The minimum atomic E-state index is -1.03. The summed E-state index contributed by atoms with van der Waals surface area (Å²) >= 11 is 3.86. The molecule has 2 fully saturated rings. The molecule has 2 saturated heterocycles. The van der Waals surface area contributed by atoms with Crippen LogP contribution in [0.15, 0.2) is 0 Å². The van der Waals surface area contributed by atoms with Crippen molar-refractivity contribution in [2.75, 3.05) is 26.4 Å². The van der Waals surface area contributed by atoms with Crippen molar-refractivity contribution in [3.05, 3.63) is 0 Å². The predicted octanol–water partition coefficient (Wildman–Crippen LogP) is 4.22. The van der Waals surface area contributed by atoms with E-state index >= 15 is 0 Å². The van der Waals surface area contributed by atoms with Crippen molar-refractivity contribution in [1.29, 1.82) is 0 Å². The highest BCUT2D eigenvalue weighted by molar-refractivity contribution is 9.09. The molecule has 0 aliphatic carbocycles. The van der Waals surface area contributed by atoms with E-state index in [9.17, 15) is 0 Å². The van der Waals surface area contributed by atoms with Crippen LogP contribution in [0.4, 0.5) is 0 Å². The second-order valence-electron chi connectivity index (χ2n) is 7.63. The van der Waals surface area contributed by atoms with E-state index in [1.54, 1.807) is 0 Å². The van der Waals surface area contributed by atoms with Crippen LogP contribution < -0.4 is 0 Å². The standard InChI is InChI=1S/C16H31BrO3Si/c1-21(2,3)12-11-18-13-16(14(17)7-6-10-20-16)15-8-4-5-9-19-15/h14-15H,4-13H2,1-3H3. The fraction of sp³-hybridized carbons (Fsp3) is 1.00. The van der Waals surface area contributed by atoms with Gasteiger partial charge in [0.25, 0.3) is 0 Å². The van der Waals surface area contributed by atoms with E-state index < -0.39 is 8.07 Å². The van der Waals surface area contributed by atoms with Gasteiger partial charge in [-0.2, -0.15) is 0 Å². The van der Waals surface area contributed by atoms with Crippen molar-refractivity contribution in [3.63, 3.8) is 0 Å². The second-order valence-corrected chi connectivity index (χ2v) is 14.4. The quantitative estimate of drug-likeness (QED) is 0.393. The molecule has 5 heteroatoms. The Morgan fingerprint density at radius 3 is 2.57 bits per heavy atom. The van der Waals surface area contributed by atoms with Crippen molar-refractivity contribution in [3.8, 4) is 0 Å². The van der Waals surface area contributed by atoms with Crippen molar-refractivity contribution in [1.82, 2.24) is 0 Å². The molecule has 3 atom stereocenters. The minimum absolute atomic E-state index is 0.183. The summed E-state index contributed by atoms with van der Waals surface area (Å²) in [6.45, 7) is 10.4. The van der Waals surface area contributed by atoms with E-state index in [2.05, 4.69) is 35.6 Å². The van der Waals surface area contributed by atoms with Gasteiger partial charge >= 0.3 is 0 Å². The van der Waals surface area contributed by atoms with Crippen molar-refractivity contribution in [2.24, 2.45) is 0 Å². The van der Waals surface area contributed by atoms with Crippen molar-refractivity contribution >= 4 is 24.0 Å². The van der Waals surface area contributed by atoms with Crippen LogP contribution >= 0.6 is 15.9 Å². The Morgan fingerprint density at radius 2 is 1.95 bits per heavy atom. The highest BCUT2D eigenvalue weighted by Crippen LogP contribution is 2.39. The van der Waals surface area contributed by atoms with Gasteiger partial charge in [-0.3, -0.25) is 0 Å². The molecule has 0 radical (unpaired) electrons. The third kappa shape index (κ3) is 5.03. The lowest BCUT2D eigenvalue weighted by molar-refractivity contribution is -0.197. The fourth-order valence-electron chi connectivity index (χ4n) is 3.12. The SMILES string of the molecule is C[Si](C)(C)CCOCC1(C2CCCCO2)OCCCC1Br. The summed E-state index contributed by atoms with van der Waals surface area (Å²) < 4.78 is 18.4. The highest BCUT2D eigenvalue weighted by Gasteiger charge is 2.49. The lowest BCUT2D eigenvalue weighted by atomic mass is 9.85. The largest absolute Gasteiger partial charge is 0.379 e. The lowest BCUT2D eigenvalue weighted by Crippen LogP contribution is -2.59. The van der Waals surface area contributed by atoms with Crippen LogP contribution in [0.1, 0.15) is 32.1 Å². The molecule has 0 bridgehead atoms. The van der Waals surface area contributed by atoms with E-state index in [-0.39, 0.29) is 11.7 Å². The number of alkyl halides is 1. The molecule has 0 aromatic heterocycles. The Labute approximate surface area is 139 Å². The molecule has 2 rings (SSSR count). The summed E-state index contributed by atoms with van der Waals surface area (Å²) in [7, 11) is -1.03. The molecule has 0 saturated carbocycles. The molecular weight excluding hydrogens is 348 g/mol. The first kappa shape index (κ1) is 17.9. The van der Waals surface area contributed by atoms with Crippen LogP contribution in [0.2, 0.25) is 25.7 Å². The maximum atomic E-state index is 6.26. The second kappa shape index (κ2) is 7.91. The summed E-state index contributed by atoms with van der Waals surface area (Å²) in [6, 6.07) is 1.21. The van der Waals surface area contributed by atoms with E-state index in [0.29, 0.717) is 11.4 Å². The van der Waals surface area contributed by atoms with Gasteiger partial charge in [-0.1, -0.05) is 35.6 Å². The molecule has 2 heterocycles. The molecule has 0 aromatic carbocycles. The average molecular weight is 379 g/mol. The zero-order valence-electron chi connectivity index (χ0n) is 13.8. The highest BCUT2D eigenvalue weighted by atomic mass is 79.9. The van der Waals surface area contributed by atoms with Crippen molar-refractivity contribution in [2.45, 2.75) is 74.3 Å². The smallest absolute Gasteiger partial charge is 0.130 e. The summed E-state index contributed by atoms with van der Waals surface area (Å²) in [5, 5.41) is 0. The Kier molecular flexibility index (Phi) is 6.75. The normalized spacial score (nSPS) is 34.9. The van der Waals surface area contributed by atoms with Gasteiger partial charge in [0.05, 0.1) is 12.7 Å². The lowest BCUT2D eigenvalue weighted by Gasteiger charge is -2.47. The monoisotopic (exact) mass is 378 g/mol. The molecule has 21 heavy (non-hydrogen) atoms. The number of hydrogen-bond acceptors (Lipinski definition) is 3. The van der Waals surface area contributed by atoms with Gasteiger partial charge in [0.2, 0.25) is 0 Å². The maximum Gasteiger partial charge on any atom is 0.130 e. The molecule has 3 nitrogen and oxygen atoms in total. The van der Waals surface area contributed by atoms with Crippen LogP contribution in [0.5, 0.6) is 0 Å². The summed E-state index contributed by atoms with van der Waals surface area (Å²) in [5.74, 6) is 0. The van der Waals surface area contributed by atoms with E-state index in [1.807, 2.05) is 0 Å². The summed E-state index contributed by atoms with van der Waals surface area (Å²) in [4.78, 5) is 0.341. The molecular formula is C16H31BrO3Si. The number of ether oxygens (including phenoxy) is 3. The van der Waals surface area contributed by atoms with Gasteiger partial charge in [0.15, 0.2) is 0 Å². The Hall–Kier alpha value is 0.577.